The first kappa shape index (κ1) is 71.7. The molecule has 25 aromatic rings. The molecular formula is C119H78N4O. The maximum Gasteiger partial charge on any atom is 0.136 e. The maximum atomic E-state index is 6.31. The lowest BCUT2D eigenvalue weighted by molar-refractivity contribution is 0.669. The fourth-order valence-electron chi connectivity index (χ4n) is 20.1. The molecule has 0 fully saturated rings. The van der Waals surface area contributed by atoms with Gasteiger partial charge in [-0.05, 0) is 240 Å². The first-order valence-electron chi connectivity index (χ1n) is 42.7. The number of hydrogen-bond donors (Lipinski definition) is 0. The van der Waals surface area contributed by atoms with Gasteiger partial charge in [-0.2, -0.15) is 0 Å². The minimum absolute atomic E-state index is 0.522. The van der Waals surface area contributed by atoms with Crippen LogP contribution in [0.5, 0.6) is 0 Å². The van der Waals surface area contributed by atoms with E-state index in [-0.39, 0.29) is 0 Å². The van der Waals surface area contributed by atoms with Gasteiger partial charge in [-0.15, -0.1) is 0 Å². The van der Waals surface area contributed by atoms with E-state index in [1.165, 1.54) is 182 Å². The van der Waals surface area contributed by atoms with Gasteiger partial charge in [0.2, 0.25) is 0 Å². The summed E-state index contributed by atoms with van der Waals surface area (Å²) < 4.78 is 15.9. The highest BCUT2D eigenvalue weighted by Gasteiger charge is 2.38. The van der Waals surface area contributed by atoms with Crippen LogP contribution in [-0.4, -0.2) is 18.3 Å². The third kappa shape index (κ3) is 11.8. The molecule has 25 rings (SSSR count). The highest BCUT2D eigenvalue weighted by Crippen LogP contribution is 2.49. The van der Waals surface area contributed by atoms with E-state index in [0.717, 1.165) is 39.0 Å². The fraction of sp³-hybridized carbons (Fsp3) is 0.00840. The molecule has 5 heteroatoms. The first-order valence-corrected chi connectivity index (χ1v) is 42.7. The summed E-state index contributed by atoms with van der Waals surface area (Å²) in [5.74, 6) is 0. The Morgan fingerprint density at radius 3 is 0.976 bits per heavy atom. The molecular weight excluding hydrogens is 1500 g/mol. The monoisotopic (exact) mass is 1580 g/mol. The fourth-order valence-corrected chi connectivity index (χ4v) is 20.1. The molecule has 5 heterocycles. The van der Waals surface area contributed by atoms with Gasteiger partial charge in [-0.1, -0.05) is 322 Å². The zero-order chi connectivity index (χ0) is 81.8. The van der Waals surface area contributed by atoms with Crippen molar-refractivity contribution in [1.29, 1.82) is 0 Å². The van der Waals surface area contributed by atoms with Gasteiger partial charge >= 0.3 is 0 Å². The minimum atomic E-state index is -0.522. The number of aromatic nitrogens is 4. The second-order valence-corrected chi connectivity index (χ2v) is 32.6. The second kappa shape index (κ2) is 29.6. The standard InChI is InChI=1S/C61H42N2.C58H36N2O/c1-5-21-47(22-6-1)61(48-23-7-2-8-24-48,49-25-9-3-10-26-49)50-27-17-19-43(39-50)44-20-18-30-52(40-44)63-58-34-16-14-32-54(58)56-42-46(36-38-60(56)63)45-35-37-59-55(41-45)53-31-13-15-33-57(53)62(59)51-28-11-4-12-29-51;1-2-13-44(14-3-1)59-54-31-26-42(35-50(54)51-36-43(27-32-55(51)59)46-17-10-20-57-58(46)48-16-7-9-19-56(48)61-57)41-25-30-53-49(34-41)47-15-6-8-18-52(47)60(53)45-28-23-38(24-29-45)40-22-21-37-11-4-5-12-39(37)33-40/h1-42H;1-36H. The van der Waals surface area contributed by atoms with E-state index >= 15 is 0 Å². The Kier molecular flexibility index (Phi) is 17.1. The van der Waals surface area contributed by atoms with Crippen molar-refractivity contribution in [2.75, 3.05) is 0 Å². The molecule has 0 unspecified atom stereocenters. The van der Waals surface area contributed by atoms with Crippen molar-refractivity contribution in [3.63, 3.8) is 0 Å². The van der Waals surface area contributed by atoms with Crippen molar-refractivity contribution in [2.24, 2.45) is 0 Å². The average molecular weight is 1580 g/mol. The molecule has 20 aromatic carbocycles. The van der Waals surface area contributed by atoms with Gasteiger partial charge in [-0.3, -0.25) is 0 Å². The summed E-state index contributed by atoms with van der Waals surface area (Å²) in [6.07, 6.45) is 0. The lowest BCUT2D eigenvalue weighted by Gasteiger charge is -2.37. The number of hydrogen-bond acceptors (Lipinski definition) is 1. The van der Waals surface area contributed by atoms with Crippen molar-refractivity contribution >= 4 is 120 Å². The van der Waals surface area contributed by atoms with Crippen molar-refractivity contribution in [3.8, 4) is 78.4 Å². The van der Waals surface area contributed by atoms with E-state index in [1.54, 1.807) is 0 Å². The van der Waals surface area contributed by atoms with Gasteiger partial charge in [0.25, 0.3) is 0 Å². The summed E-state index contributed by atoms with van der Waals surface area (Å²) in [7, 11) is 0. The molecule has 0 aliphatic carbocycles. The van der Waals surface area contributed by atoms with Crippen molar-refractivity contribution in [3.05, 3.63) is 495 Å². The third-order valence-corrected chi connectivity index (χ3v) is 25.8. The van der Waals surface area contributed by atoms with Crippen LogP contribution in [0.1, 0.15) is 22.3 Å². The smallest absolute Gasteiger partial charge is 0.136 e. The van der Waals surface area contributed by atoms with Crippen LogP contribution in [0, 0.1) is 0 Å². The predicted molar refractivity (Wildman–Crippen MR) is 521 cm³/mol. The van der Waals surface area contributed by atoms with Crippen LogP contribution in [0.2, 0.25) is 0 Å². The van der Waals surface area contributed by atoms with E-state index in [4.69, 9.17) is 4.42 Å². The molecule has 0 bridgehead atoms. The average Bonchev–Trinajstić information content (AvgIpc) is 1.19. The molecule has 580 valence electrons. The molecule has 0 radical (unpaired) electrons. The van der Waals surface area contributed by atoms with Gasteiger partial charge in [-0.25, -0.2) is 0 Å². The summed E-state index contributed by atoms with van der Waals surface area (Å²) in [5, 5.41) is 14.7. The van der Waals surface area contributed by atoms with Crippen LogP contribution < -0.4 is 0 Å². The number of fused-ring (bicyclic) bond motifs is 16. The Balaban J connectivity index is 0.000000139. The maximum absolute atomic E-state index is 6.31. The Morgan fingerprint density at radius 1 is 0.161 bits per heavy atom. The van der Waals surface area contributed by atoms with E-state index < -0.39 is 5.41 Å². The first-order chi connectivity index (χ1) is 61.5. The number of rotatable bonds is 13. The predicted octanol–water partition coefficient (Wildman–Crippen LogP) is 31.5. The lowest BCUT2D eigenvalue weighted by atomic mass is 9.65. The minimum Gasteiger partial charge on any atom is -0.456 e. The molecule has 0 spiro atoms. The van der Waals surface area contributed by atoms with Crippen LogP contribution in [-0.2, 0) is 5.41 Å². The Hall–Kier alpha value is -16.3. The van der Waals surface area contributed by atoms with Crippen LogP contribution >= 0.6 is 0 Å². The molecule has 0 aliphatic rings. The highest BCUT2D eigenvalue weighted by atomic mass is 16.3. The number of nitrogens with zero attached hydrogens (tertiary/aromatic N) is 4. The molecule has 0 N–H and O–H groups in total. The lowest BCUT2D eigenvalue weighted by Crippen LogP contribution is -2.31. The summed E-state index contributed by atoms with van der Waals surface area (Å²) in [6, 6.07) is 173. The Morgan fingerprint density at radius 2 is 0.476 bits per heavy atom. The third-order valence-electron chi connectivity index (χ3n) is 25.8. The van der Waals surface area contributed by atoms with Crippen LogP contribution in [0.15, 0.2) is 478 Å². The quantitative estimate of drug-likeness (QED) is 0.106. The molecule has 0 amide bonds. The summed E-state index contributed by atoms with van der Waals surface area (Å²) in [6.45, 7) is 0. The summed E-state index contributed by atoms with van der Waals surface area (Å²) in [5.41, 5.74) is 32.2. The molecule has 0 atom stereocenters. The number of benzene rings is 20. The SMILES string of the molecule is c1ccc(-n2c3ccc(-c4ccc5c(c4)c4ccccc4n5-c4ccc(-c5ccc6ccccc6c5)cc4)cc3c3cc(-c4cccc5oc6ccccc6c45)ccc32)cc1.c1ccc(-n2c3ccccc3c3cc(-c4ccc5c(c4)c4ccccc4n5-c4cccc(-c5cccc(C(c6ccccc6)(c6ccccc6)c6ccccc6)c5)c4)ccc32)cc1. The van der Waals surface area contributed by atoms with E-state index in [0.29, 0.717) is 0 Å². The molecule has 5 aromatic heterocycles. The second-order valence-electron chi connectivity index (χ2n) is 32.6. The molecule has 5 nitrogen and oxygen atoms in total. The zero-order valence-electron chi connectivity index (χ0n) is 67.7. The molecule has 0 aliphatic heterocycles. The topological polar surface area (TPSA) is 32.9 Å². The largest absolute Gasteiger partial charge is 0.456 e. The number of furan rings is 1. The summed E-state index contributed by atoms with van der Waals surface area (Å²) in [4.78, 5) is 0. The van der Waals surface area contributed by atoms with Gasteiger partial charge in [0.1, 0.15) is 11.2 Å². The van der Waals surface area contributed by atoms with Crippen LogP contribution in [0.3, 0.4) is 0 Å². The van der Waals surface area contributed by atoms with Gasteiger partial charge in [0.05, 0.1) is 49.5 Å². The van der Waals surface area contributed by atoms with E-state index in [2.05, 4.69) is 485 Å². The highest BCUT2D eigenvalue weighted by molar-refractivity contribution is 6.18. The van der Waals surface area contributed by atoms with Crippen molar-refractivity contribution in [1.82, 2.24) is 18.3 Å². The van der Waals surface area contributed by atoms with Crippen LogP contribution in [0.25, 0.3) is 198 Å². The van der Waals surface area contributed by atoms with Crippen LogP contribution in [0.4, 0.5) is 0 Å². The van der Waals surface area contributed by atoms with Crippen molar-refractivity contribution < 1.29 is 4.42 Å². The zero-order valence-corrected chi connectivity index (χ0v) is 67.7. The molecule has 0 saturated carbocycles. The Bertz CT molecular complexity index is 8360. The summed E-state index contributed by atoms with van der Waals surface area (Å²) >= 11 is 0. The normalized spacial score (nSPS) is 11.9. The van der Waals surface area contributed by atoms with E-state index in [1.807, 2.05) is 6.07 Å². The van der Waals surface area contributed by atoms with Gasteiger partial charge < -0.3 is 22.7 Å². The van der Waals surface area contributed by atoms with E-state index in [9.17, 15) is 0 Å². The Labute approximate surface area is 717 Å². The molecule has 124 heavy (non-hydrogen) atoms. The van der Waals surface area contributed by atoms with Gasteiger partial charge in [0, 0.05) is 76.6 Å². The number of para-hydroxylation sites is 6. The van der Waals surface area contributed by atoms with Gasteiger partial charge in [0.15, 0.2) is 0 Å². The van der Waals surface area contributed by atoms with Crippen molar-refractivity contribution in [2.45, 2.75) is 5.41 Å². The molecule has 0 saturated heterocycles.